The summed E-state index contributed by atoms with van der Waals surface area (Å²) in [7, 11) is -5.09. The molecule has 0 aromatic heterocycles. The smallest absolute Gasteiger partial charge is 0.283 e. The maximum Gasteiger partial charge on any atom is 0.283 e. The van der Waals surface area contributed by atoms with E-state index in [1.807, 2.05) is 0 Å². The van der Waals surface area contributed by atoms with Gasteiger partial charge in [-0.2, -0.15) is 8.42 Å². The highest BCUT2D eigenvalue weighted by molar-refractivity contribution is 7.87. The summed E-state index contributed by atoms with van der Waals surface area (Å²) in [6.45, 7) is 0. The van der Waals surface area contributed by atoms with Crippen molar-refractivity contribution in [3.8, 4) is 11.5 Å². The lowest BCUT2D eigenvalue weighted by molar-refractivity contribution is 0.455. The van der Waals surface area contributed by atoms with Crippen LogP contribution in [0.5, 0.6) is 11.5 Å². The van der Waals surface area contributed by atoms with Crippen LogP contribution in [0, 0.1) is 0 Å². The van der Waals surface area contributed by atoms with Crippen molar-refractivity contribution in [3.63, 3.8) is 0 Å². The van der Waals surface area contributed by atoms with Crippen LogP contribution in [-0.2, 0) is 14.9 Å². The fourth-order valence-corrected chi connectivity index (χ4v) is 5.48. The van der Waals surface area contributed by atoms with Gasteiger partial charge >= 0.3 is 0 Å². The van der Waals surface area contributed by atoms with Crippen molar-refractivity contribution in [2.75, 3.05) is 0 Å². The van der Waals surface area contributed by atoms with Crippen LogP contribution in [0.1, 0.15) is 16.7 Å². The van der Waals surface area contributed by atoms with Crippen molar-refractivity contribution in [2.45, 2.75) is 4.75 Å². The van der Waals surface area contributed by atoms with Gasteiger partial charge in [0.25, 0.3) is 10.1 Å². The molecule has 3 aromatic carbocycles. The Labute approximate surface area is 186 Å². The molecule has 0 aliphatic carbocycles. The van der Waals surface area contributed by atoms with Gasteiger partial charge in [0.05, 0.1) is 5.02 Å². The third kappa shape index (κ3) is 3.65. The first-order valence-electron chi connectivity index (χ1n) is 7.89. The number of hydrogen-bond acceptors (Lipinski definition) is 4. The third-order valence-electron chi connectivity index (χ3n) is 4.38. The van der Waals surface area contributed by atoms with Crippen molar-refractivity contribution >= 4 is 56.5 Å². The number of rotatable bonds is 4. The molecule has 0 aliphatic heterocycles. The van der Waals surface area contributed by atoms with Crippen LogP contribution in [0.25, 0.3) is 0 Å². The monoisotopic (exact) mass is 492 g/mol. The number of benzene rings is 3. The maximum atomic E-state index is 13.0. The molecule has 0 radical (unpaired) electrons. The zero-order valence-corrected chi connectivity index (χ0v) is 18.1. The van der Waals surface area contributed by atoms with Crippen molar-refractivity contribution in [3.05, 3.63) is 91.4 Å². The lowest BCUT2D eigenvalue weighted by Crippen LogP contribution is -2.38. The van der Waals surface area contributed by atoms with Gasteiger partial charge in [0, 0.05) is 21.2 Å². The number of hydrogen-bond donors (Lipinski definition) is 3. The Kier molecular flexibility index (Phi) is 5.98. The van der Waals surface area contributed by atoms with Crippen LogP contribution in [0.4, 0.5) is 0 Å². The minimum absolute atomic E-state index is 0.0184. The van der Waals surface area contributed by atoms with E-state index in [0.29, 0.717) is 0 Å². The average Bonchev–Trinajstić information content (AvgIpc) is 2.63. The SMILES string of the molecule is O=S(=O)(O)C(c1cc(O)c(Cl)c(Cl)c1)(c1ccccc1Cl)c1cc(O)ccc1Cl. The molecule has 0 heterocycles. The van der Waals surface area contributed by atoms with Gasteiger partial charge in [-0.3, -0.25) is 4.55 Å². The molecule has 1 unspecified atom stereocenters. The topological polar surface area (TPSA) is 94.8 Å². The Hall–Kier alpha value is -1.67. The van der Waals surface area contributed by atoms with Gasteiger partial charge in [-0.25, -0.2) is 0 Å². The van der Waals surface area contributed by atoms with E-state index in [-0.39, 0.29) is 42.5 Å². The molecule has 3 N–H and O–H groups in total. The molecule has 10 heteroatoms. The van der Waals surface area contributed by atoms with E-state index in [9.17, 15) is 23.2 Å². The molecule has 0 bridgehead atoms. The minimum Gasteiger partial charge on any atom is -0.508 e. The predicted octanol–water partition coefficient (Wildman–Crippen LogP) is 5.89. The highest BCUT2D eigenvalue weighted by Gasteiger charge is 2.51. The van der Waals surface area contributed by atoms with E-state index in [4.69, 9.17) is 46.4 Å². The molecule has 0 spiro atoms. The number of phenols is 2. The highest BCUT2D eigenvalue weighted by atomic mass is 35.5. The standard InChI is InChI=1S/C19H12Cl4O5S/c20-14-4-2-1-3-12(14)19(29(26,27)28,13-9-11(24)5-6-15(13)21)10-7-16(22)18(23)17(25)8-10/h1-9,24-25H,(H,26,27,28). The Morgan fingerprint density at radius 2 is 1.38 bits per heavy atom. The molecule has 0 amide bonds. The lowest BCUT2D eigenvalue weighted by Gasteiger charge is -2.34. The summed E-state index contributed by atoms with van der Waals surface area (Å²) < 4.78 is 34.0. The van der Waals surface area contributed by atoms with Crippen LogP contribution in [0.3, 0.4) is 0 Å². The van der Waals surface area contributed by atoms with E-state index in [1.54, 1.807) is 6.07 Å². The zero-order chi connectivity index (χ0) is 21.6. The van der Waals surface area contributed by atoms with Gasteiger partial charge in [-0.15, -0.1) is 0 Å². The first kappa shape index (κ1) is 22.0. The Morgan fingerprint density at radius 1 is 0.759 bits per heavy atom. The van der Waals surface area contributed by atoms with Crippen LogP contribution in [-0.4, -0.2) is 23.2 Å². The van der Waals surface area contributed by atoms with Crippen molar-refractivity contribution in [1.29, 1.82) is 0 Å². The molecule has 152 valence electrons. The Bertz CT molecular complexity index is 1190. The summed E-state index contributed by atoms with van der Waals surface area (Å²) in [6.07, 6.45) is 0. The number of aromatic hydroxyl groups is 2. The second kappa shape index (κ2) is 7.87. The van der Waals surface area contributed by atoms with Crippen LogP contribution < -0.4 is 0 Å². The molecular weight excluding hydrogens is 482 g/mol. The third-order valence-corrected chi connectivity index (χ3v) is 7.29. The average molecular weight is 494 g/mol. The van der Waals surface area contributed by atoms with Crippen LogP contribution >= 0.6 is 46.4 Å². The van der Waals surface area contributed by atoms with E-state index in [2.05, 4.69) is 0 Å². The van der Waals surface area contributed by atoms with E-state index >= 15 is 0 Å². The molecule has 0 aliphatic rings. The van der Waals surface area contributed by atoms with E-state index in [0.717, 1.165) is 12.1 Å². The van der Waals surface area contributed by atoms with E-state index in [1.165, 1.54) is 36.4 Å². The van der Waals surface area contributed by atoms with Gasteiger partial charge < -0.3 is 10.2 Å². The maximum absolute atomic E-state index is 13.0. The van der Waals surface area contributed by atoms with Gasteiger partial charge in [0.2, 0.25) is 0 Å². The van der Waals surface area contributed by atoms with Crippen molar-refractivity contribution in [1.82, 2.24) is 0 Å². The number of phenolic OH excluding ortho intramolecular Hbond substituents is 2. The first-order valence-corrected chi connectivity index (χ1v) is 10.8. The highest BCUT2D eigenvalue weighted by Crippen LogP contribution is 2.51. The summed E-state index contributed by atoms with van der Waals surface area (Å²) in [5.41, 5.74) is -0.463. The zero-order valence-electron chi connectivity index (χ0n) is 14.3. The summed E-state index contributed by atoms with van der Waals surface area (Å²) in [5, 5.41) is 19.7. The molecule has 0 saturated carbocycles. The summed E-state index contributed by atoms with van der Waals surface area (Å²) in [5.74, 6) is -0.834. The molecule has 0 fully saturated rings. The minimum atomic E-state index is -5.09. The van der Waals surface area contributed by atoms with E-state index < -0.39 is 20.6 Å². The molecule has 3 rings (SSSR count). The molecule has 3 aromatic rings. The quantitative estimate of drug-likeness (QED) is 0.311. The normalized spacial score (nSPS) is 13.8. The second-order valence-electron chi connectivity index (χ2n) is 6.09. The fourth-order valence-electron chi connectivity index (χ4n) is 3.19. The fraction of sp³-hybridized carbons (Fsp3) is 0.0526. The molecule has 5 nitrogen and oxygen atoms in total. The summed E-state index contributed by atoms with van der Waals surface area (Å²) in [4.78, 5) is 0. The van der Waals surface area contributed by atoms with Gasteiger partial charge in [0.15, 0.2) is 4.75 Å². The molecule has 1 atom stereocenters. The van der Waals surface area contributed by atoms with Crippen LogP contribution in [0.15, 0.2) is 54.6 Å². The predicted molar refractivity (Wildman–Crippen MR) is 114 cm³/mol. The largest absolute Gasteiger partial charge is 0.508 e. The summed E-state index contributed by atoms with van der Waals surface area (Å²) >= 11 is 24.6. The molecule has 29 heavy (non-hydrogen) atoms. The summed E-state index contributed by atoms with van der Waals surface area (Å²) in [6, 6.07) is 11.7. The van der Waals surface area contributed by atoms with Crippen molar-refractivity contribution in [2.24, 2.45) is 0 Å². The second-order valence-corrected chi connectivity index (χ2v) is 9.25. The molecular formula is C19H12Cl4O5S. The van der Waals surface area contributed by atoms with Crippen molar-refractivity contribution < 1.29 is 23.2 Å². The van der Waals surface area contributed by atoms with Crippen LogP contribution in [0.2, 0.25) is 20.1 Å². The Morgan fingerprint density at radius 3 is 1.97 bits per heavy atom. The van der Waals surface area contributed by atoms with Gasteiger partial charge in [-0.05, 0) is 42.0 Å². The van der Waals surface area contributed by atoms with Gasteiger partial charge in [-0.1, -0.05) is 64.6 Å². The lowest BCUT2D eigenvalue weighted by atomic mass is 9.83. The number of halogens is 4. The Balaban J connectivity index is 2.63. The first-order chi connectivity index (χ1) is 13.5. The molecule has 0 saturated heterocycles. The van der Waals surface area contributed by atoms with Gasteiger partial charge in [0.1, 0.15) is 16.5 Å².